The van der Waals surface area contributed by atoms with Gasteiger partial charge in [0.05, 0.1) is 6.61 Å². The molecule has 2 aromatic carbocycles. The third-order valence-electron chi connectivity index (χ3n) is 4.42. The minimum absolute atomic E-state index is 0.00617. The normalized spacial score (nSPS) is 14.4. The van der Waals surface area contributed by atoms with Crippen LogP contribution in [-0.4, -0.2) is 43.5 Å². The van der Waals surface area contributed by atoms with Crippen molar-refractivity contribution in [3.8, 4) is 11.5 Å². The van der Waals surface area contributed by atoms with E-state index in [1.54, 1.807) is 12.1 Å². The van der Waals surface area contributed by atoms with Crippen molar-refractivity contribution in [2.24, 2.45) is 0 Å². The lowest BCUT2D eigenvalue weighted by Crippen LogP contribution is -2.25. The van der Waals surface area contributed by atoms with Crippen LogP contribution in [0.4, 0.5) is 0 Å². The van der Waals surface area contributed by atoms with Crippen LogP contribution in [0.5, 0.6) is 11.5 Å². The summed E-state index contributed by atoms with van der Waals surface area (Å²) in [7, 11) is 0. The Morgan fingerprint density at radius 1 is 0.880 bits per heavy atom. The van der Waals surface area contributed by atoms with E-state index in [1.807, 2.05) is 43.3 Å². The Balaban J connectivity index is 1.54. The fraction of sp³-hybridized carbons (Fsp3) is 0.381. The molecule has 0 bridgehead atoms. The molecule has 0 radical (unpaired) electrons. The first-order valence-electron chi connectivity index (χ1n) is 8.99. The van der Waals surface area contributed by atoms with E-state index in [2.05, 4.69) is 4.90 Å². The van der Waals surface area contributed by atoms with Crippen LogP contribution in [0.15, 0.2) is 48.5 Å². The van der Waals surface area contributed by atoms with Crippen LogP contribution in [0.1, 0.15) is 35.7 Å². The minimum atomic E-state index is 0.00617. The van der Waals surface area contributed by atoms with E-state index in [9.17, 15) is 4.79 Å². The highest BCUT2D eigenvalue weighted by atomic mass is 16.5. The molecule has 132 valence electrons. The maximum Gasteiger partial charge on any atom is 0.193 e. The van der Waals surface area contributed by atoms with Gasteiger partial charge in [-0.1, -0.05) is 0 Å². The first-order valence-corrected chi connectivity index (χ1v) is 8.99. The molecule has 0 spiro atoms. The highest BCUT2D eigenvalue weighted by Gasteiger charge is 2.12. The van der Waals surface area contributed by atoms with Gasteiger partial charge in [0.2, 0.25) is 0 Å². The lowest BCUT2D eigenvalue weighted by Gasteiger charge is -2.15. The number of hydrogen-bond acceptors (Lipinski definition) is 4. The largest absolute Gasteiger partial charge is 0.494 e. The standard InChI is InChI=1S/C21H25NO3/c1-2-24-19-9-5-17(6-10-19)21(23)18-7-11-20(12-8-18)25-16-15-22-13-3-4-14-22/h5-12H,2-4,13-16H2,1H3. The molecular formula is C21H25NO3. The van der Waals surface area contributed by atoms with Gasteiger partial charge in [-0.25, -0.2) is 0 Å². The molecule has 2 aromatic rings. The molecule has 0 unspecified atom stereocenters. The SMILES string of the molecule is CCOc1ccc(C(=O)c2ccc(OCCN3CCCC3)cc2)cc1. The summed E-state index contributed by atoms with van der Waals surface area (Å²) in [4.78, 5) is 14.9. The van der Waals surface area contributed by atoms with E-state index >= 15 is 0 Å². The molecule has 1 aliphatic heterocycles. The second-order valence-electron chi connectivity index (χ2n) is 6.21. The van der Waals surface area contributed by atoms with Crippen LogP contribution in [0.2, 0.25) is 0 Å². The first kappa shape index (κ1) is 17.5. The molecule has 25 heavy (non-hydrogen) atoms. The Morgan fingerprint density at radius 2 is 1.40 bits per heavy atom. The van der Waals surface area contributed by atoms with Gasteiger partial charge < -0.3 is 9.47 Å². The molecule has 0 aromatic heterocycles. The number of rotatable bonds is 8. The molecule has 1 aliphatic rings. The second kappa shape index (κ2) is 8.67. The van der Waals surface area contributed by atoms with Crippen molar-refractivity contribution in [2.75, 3.05) is 32.8 Å². The highest BCUT2D eigenvalue weighted by molar-refractivity contribution is 6.09. The maximum atomic E-state index is 12.5. The third kappa shape index (κ3) is 4.83. The summed E-state index contributed by atoms with van der Waals surface area (Å²) in [6.45, 7) is 6.57. The van der Waals surface area contributed by atoms with Crippen molar-refractivity contribution < 1.29 is 14.3 Å². The molecule has 4 heteroatoms. The van der Waals surface area contributed by atoms with Gasteiger partial charge in [0.15, 0.2) is 5.78 Å². The van der Waals surface area contributed by atoms with Crippen molar-refractivity contribution in [1.82, 2.24) is 4.90 Å². The van der Waals surface area contributed by atoms with Gasteiger partial charge in [0, 0.05) is 17.7 Å². The van der Waals surface area contributed by atoms with Crippen molar-refractivity contribution in [1.29, 1.82) is 0 Å². The van der Waals surface area contributed by atoms with E-state index in [1.165, 1.54) is 25.9 Å². The molecule has 0 saturated carbocycles. The number of benzene rings is 2. The van der Waals surface area contributed by atoms with E-state index in [0.29, 0.717) is 24.3 Å². The number of carbonyl (C=O) groups is 1. The van der Waals surface area contributed by atoms with Gasteiger partial charge in [-0.15, -0.1) is 0 Å². The monoisotopic (exact) mass is 339 g/mol. The van der Waals surface area contributed by atoms with Gasteiger partial charge in [0.1, 0.15) is 18.1 Å². The first-order chi connectivity index (χ1) is 12.3. The topological polar surface area (TPSA) is 38.8 Å². The summed E-state index contributed by atoms with van der Waals surface area (Å²) in [6, 6.07) is 14.6. The number of carbonyl (C=O) groups excluding carboxylic acids is 1. The predicted molar refractivity (Wildman–Crippen MR) is 98.7 cm³/mol. The molecule has 0 N–H and O–H groups in total. The van der Waals surface area contributed by atoms with Crippen molar-refractivity contribution in [3.05, 3.63) is 59.7 Å². The Morgan fingerprint density at radius 3 is 1.92 bits per heavy atom. The molecule has 3 rings (SSSR count). The van der Waals surface area contributed by atoms with E-state index in [-0.39, 0.29) is 5.78 Å². The summed E-state index contributed by atoms with van der Waals surface area (Å²) >= 11 is 0. The van der Waals surface area contributed by atoms with E-state index in [4.69, 9.17) is 9.47 Å². The van der Waals surface area contributed by atoms with Gasteiger partial charge in [0.25, 0.3) is 0 Å². The summed E-state index contributed by atoms with van der Waals surface area (Å²) in [5, 5.41) is 0. The molecule has 0 aliphatic carbocycles. The Bertz CT molecular complexity index is 673. The number of hydrogen-bond donors (Lipinski definition) is 0. The maximum absolute atomic E-state index is 12.5. The quantitative estimate of drug-likeness (QED) is 0.686. The number of ether oxygens (including phenoxy) is 2. The van der Waals surface area contributed by atoms with Gasteiger partial charge in [-0.3, -0.25) is 9.69 Å². The molecule has 1 fully saturated rings. The summed E-state index contributed by atoms with van der Waals surface area (Å²) < 4.78 is 11.2. The zero-order chi connectivity index (χ0) is 17.5. The summed E-state index contributed by atoms with van der Waals surface area (Å²) in [5.74, 6) is 1.59. The van der Waals surface area contributed by atoms with Gasteiger partial charge >= 0.3 is 0 Å². The zero-order valence-corrected chi connectivity index (χ0v) is 14.7. The fourth-order valence-corrected chi connectivity index (χ4v) is 3.04. The average molecular weight is 339 g/mol. The zero-order valence-electron chi connectivity index (χ0n) is 14.7. The van der Waals surface area contributed by atoms with Crippen LogP contribution in [0.3, 0.4) is 0 Å². The third-order valence-corrected chi connectivity index (χ3v) is 4.42. The van der Waals surface area contributed by atoms with Crippen LogP contribution >= 0.6 is 0 Å². The van der Waals surface area contributed by atoms with Crippen molar-refractivity contribution >= 4 is 5.78 Å². The van der Waals surface area contributed by atoms with Crippen LogP contribution in [-0.2, 0) is 0 Å². The number of likely N-dealkylation sites (tertiary alicyclic amines) is 1. The molecule has 0 atom stereocenters. The highest BCUT2D eigenvalue weighted by Crippen LogP contribution is 2.18. The van der Waals surface area contributed by atoms with E-state index in [0.717, 1.165) is 18.0 Å². The molecule has 0 amide bonds. The molecular weight excluding hydrogens is 314 g/mol. The van der Waals surface area contributed by atoms with Gasteiger partial charge in [-0.05, 0) is 81.4 Å². The van der Waals surface area contributed by atoms with Gasteiger partial charge in [-0.2, -0.15) is 0 Å². The average Bonchev–Trinajstić information content (AvgIpc) is 3.16. The molecule has 1 heterocycles. The number of nitrogens with zero attached hydrogens (tertiary/aromatic N) is 1. The molecule has 1 saturated heterocycles. The minimum Gasteiger partial charge on any atom is -0.494 e. The van der Waals surface area contributed by atoms with Crippen LogP contribution < -0.4 is 9.47 Å². The van der Waals surface area contributed by atoms with Crippen molar-refractivity contribution in [2.45, 2.75) is 19.8 Å². The summed E-state index contributed by atoms with van der Waals surface area (Å²) in [6.07, 6.45) is 2.59. The lowest BCUT2D eigenvalue weighted by molar-refractivity contribution is 0.103. The second-order valence-corrected chi connectivity index (χ2v) is 6.21. The predicted octanol–water partition coefficient (Wildman–Crippen LogP) is 3.79. The fourth-order valence-electron chi connectivity index (χ4n) is 3.04. The van der Waals surface area contributed by atoms with Crippen molar-refractivity contribution in [3.63, 3.8) is 0 Å². The smallest absolute Gasteiger partial charge is 0.193 e. The van der Waals surface area contributed by atoms with E-state index < -0.39 is 0 Å². The Labute approximate surface area is 149 Å². The number of ketones is 1. The lowest BCUT2D eigenvalue weighted by atomic mass is 10.0. The van der Waals surface area contributed by atoms with Crippen LogP contribution in [0.25, 0.3) is 0 Å². The summed E-state index contributed by atoms with van der Waals surface area (Å²) in [5.41, 5.74) is 1.32. The Kier molecular flexibility index (Phi) is 6.07. The Hall–Kier alpha value is -2.33. The van der Waals surface area contributed by atoms with Crippen LogP contribution in [0, 0.1) is 0 Å². The molecule has 4 nitrogen and oxygen atoms in total.